The largest absolute Gasteiger partial charge is 0.496 e. The molecule has 2 amide bonds. The van der Waals surface area contributed by atoms with Crippen LogP contribution in [0.5, 0.6) is 5.75 Å². The van der Waals surface area contributed by atoms with Gasteiger partial charge in [0.25, 0.3) is 5.91 Å². The van der Waals surface area contributed by atoms with E-state index in [2.05, 4.69) is 0 Å². The first-order valence-corrected chi connectivity index (χ1v) is 8.83. The van der Waals surface area contributed by atoms with Crippen molar-refractivity contribution in [3.05, 3.63) is 29.3 Å². The standard InChI is InChI=1S/C19H26N2O3/c1-14-7-8-17(24-2)16(13-14)19(23)21-11-9-20(10-12-21)18(22)15-5-3-4-6-15/h7-8,13,15H,3-6,9-12H2,1-2H3. The van der Waals surface area contributed by atoms with Gasteiger partial charge in [-0.25, -0.2) is 0 Å². The Balaban J connectivity index is 1.63. The molecular weight excluding hydrogens is 304 g/mol. The van der Waals surface area contributed by atoms with Crippen LogP contribution in [0, 0.1) is 12.8 Å². The molecule has 1 aromatic rings. The lowest BCUT2D eigenvalue weighted by molar-refractivity contribution is -0.136. The number of ether oxygens (including phenoxy) is 1. The summed E-state index contributed by atoms with van der Waals surface area (Å²) in [5.41, 5.74) is 1.64. The molecule has 24 heavy (non-hydrogen) atoms. The zero-order chi connectivity index (χ0) is 17.1. The molecule has 0 atom stereocenters. The molecule has 2 aliphatic rings. The van der Waals surface area contributed by atoms with Gasteiger partial charge in [0, 0.05) is 32.1 Å². The first kappa shape index (κ1) is 16.8. The average Bonchev–Trinajstić information content (AvgIpc) is 3.15. The van der Waals surface area contributed by atoms with Gasteiger partial charge in [-0.05, 0) is 31.9 Å². The summed E-state index contributed by atoms with van der Waals surface area (Å²) in [7, 11) is 1.58. The van der Waals surface area contributed by atoms with Gasteiger partial charge in [-0.1, -0.05) is 24.5 Å². The third-order valence-electron chi connectivity index (χ3n) is 5.17. The normalized spacial score (nSPS) is 18.8. The molecule has 0 unspecified atom stereocenters. The predicted octanol–water partition coefficient (Wildman–Crippen LogP) is 2.48. The number of methoxy groups -OCH3 is 1. The maximum Gasteiger partial charge on any atom is 0.257 e. The van der Waals surface area contributed by atoms with Gasteiger partial charge in [-0.15, -0.1) is 0 Å². The zero-order valence-corrected chi connectivity index (χ0v) is 14.6. The van der Waals surface area contributed by atoms with Crippen LogP contribution < -0.4 is 4.74 Å². The summed E-state index contributed by atoms with van der Waals surface area (Å²) in [5.74, 6) is 1.09. The molecule has 0 bridgehead atoms. The highest BCUT2D eigenvalue weighted by Crippen LogP contribution is 2.27. The van der Waals surface area contributed by atoms with Crippen molar-refractivity contribution in [1.29, 1.82) is 0 Å². The minimum absolute atomic E-state index is 0.0106. The lowest BCUT2D eigenvalue weighted by Crippen LogP contribution is -2.51. The fourth-order valence-corrected chi connectivity index (χ4v) is 3.72. The monoisotopic (exact) mass is 330 g/mol. The minimum atomic E-state index is -0.0106. The summed E-state index contributed by atoms with van der Waals surface area (Å²) in [6.07, 6.45) is 4.39. The number of rotatable bonds is 3. The van der Waals surface area contributed by atoms with E-state index in [-0.39, 0.29) is 17.7 Å². The van der Waals surface area contributed by atoms with Crippen molar-refractivity contribution >= 4 is 11.8 Å². The number of hydrogen-bond acceptors (Lipinski definition) is 3. The van der Waals surface area contributed by atoms with Crippen LogP contribution in [0.25, 0.3) is 0 Å². The number of carbonyl (C=O) groups excluding carboxylic acids is 2. The van der Waals surface area contributed by atoms with E-state index in [0.29, 0.717) is 37.5 Å². The summed E-state index contributed by atoms with van der Waals surface area (Å²) < 4.78 is 5.33. The van der Waals surface area contributed by atoms with Gasteiger partial charge in [0.1, 0.15) is 5.75 Å². The van der Waals surface area contributed by atoms with E-state index >= 15 is 0 Å². The van der Waals surface area contributed by atoms with E-state index in [9.17, 15) is 9.59 Å². The Labute approximate surface area is 143 Å². The van der Waals surface area contributed by atoms with Crippen LogP contribution in [0.3, 0.4) is 0 Å². The van der Waals surface area contributed by atoms with Gasteiger partial charge in [0.05, 0.1) is 12.7 Å². The Morgan fingerprint density at radius 3 is 2.29 bits per heavy atom. The SMILES string of the molecule is COc1ccc(C)cc1C(=O)N1CCN(C(=O)C2CCCC2)CC1. The van der Waals surface area contributed by atoms with Crippen molar-refractivity contribution in [1.82, 2.24) is 9.80 Å². The number of hydrogen-bond donors (Lipinski definition) is 0. The smallest absolute Gasteiger partial charge is 0.257 e. The van der Waals surface area contributed by atoms with E-state index in [1.807, 2.05) is 34.9 Å². The molecule has 0 spiro atoms. The summed E-state index contributed by atoms with van der Waals surface area (Å²) in [4.78, 5) is 29.1. The van der Waals surface area contributed by atoms with Crippen LogP contribution in [0.4, 0.5) is 0 Å². The Kier molecular flexibility index (Phi) is 5.07. The molecule has 1 aliphatic heterocycles. The summed E-state index contributed by atoms with van der Waals surface area (Å²) >= 11 is 0. The van der Waals surface area contributed by atoms with Crippen molar-refractivity contribution in [2.75, 3.05) is 33.3 Å². The molecule has 1 aliphatic carbocycles. The van der Waals surface area contributed by atoms with Crippen molar-refractivity contribution in [3.8, 4) is 5.75 Å². The van der Waals surface area contributed by atoms with Crippen LogP contribution in [0.1, 0.15) is 41.6 Å². The van der Waals surface area contributed by atoms with Gasteiger partial charge >= 0.3 is 0 Å². The zero-order valence-electron chi connectivity index (χ0n) is 14.6. The first-order chi connectivity index (χ1) is 11.6. The second-order valence-electron chi connectivity index (χ2n) is 6.80. The third kappa shape index (κ3) is 3.40. The van der Waals surface area contributed by atoms with E-state index in [0.717, 1.165) is 18.4 Å². The van der Waals surface area contributed by atoms with Gasteiger partial charge in [0.2, 0.25) is 5.91 Å². The Morgan fingerprint density at radius 2 is 1.67 bits per heavy atom. The molecule has 0 N–H and O–H groups in total. The number of amides is 2. The molecule has 5 nitrogen and oxygen atoms in total. The van der Waals surface area contributed by atoms with Gasteiger partial charge < -0.3 is 14.5 Å². The fraction of sp³-hybridized carbons (Fsp3) is 0.579. The van der Waals surface area contributed by atoms with Crippen molar-refractivity contribution in [2.24, 2.45) is 5.92 Å². The van der Waals surface area contributed by atoms with E-state index < -0.39 is 0 Å². The number of piperazine rings is 1. The second-order valence-corrected chi connectivity index (χ2v) is 6.80. The molecule has 1 aromatic carbocycles. The van der Waals surface area contributed by atoms with E-state index in [4.69, 9.17) is 4.74 Å². The van der Waals surface area contributed by atoms with Gasteiger partial charge in [-0.2, -0.15) is 0 Å². The average molecular weight is 330 g/mol. The van der Waals surface area contributed by atoms with Gasteiger partial charge in [-0.3, -0.25) is 9.59 Å². The topological polar surface area (TPSA) is 49.9 Å². The molecule has 1 saturated heterocycles. The minimum Gasteiger partial charge on any atom is -0.496 e. The summed E-state index contributed by atoms with van der Waals surface area (Å²) in [5, 5.41) is 0. The number of aryl methyl sites for hydroxylation is 1. The van der Waals surface area contributed by atoms with Crippen LogP contribution in [-0.4, -0.2) is 54.9 Å². The van der Waals surface area contributed by atoms with Gasteiger partial charge in [0.15, 0.2) is 0 Å². The molecule has 1 heterocycles. The molecule has 1 saturated carbocycles. The van der Waals surface area contributed by atoms with Crippen LogP contribution in [0.15, 0.2) is 18.2 Å². The maximum atomic E-state index is 12.8. The molecule has 3 rings (SSSR count). The van der Waals surface area contributed by atoms with Crippen LogP contribution >= 0.6 is 0 Å². The highest BCUT2D eigenvalue weighted by Gasteiger charge is 2.31. The molecular formula is C19H26N2O3. The first-order valence-electron chi connectivity index (χ1n) is 8.83. The molecule has 130 valence electrons. The molecule has 5 heteroatoms. The van der Waals surface area contributed by atoms with Crippen LogP contribution in [0.2, 0.25) is 0 Å². The van der Waals surface area contributed by atoms with E-state index in [1.165, 1.54) is 12.8 Å². The highest BCUT2D eigenvalue weighted by atomic mass is 16.5. The third-order valence-corrected chi connectivity index (χ3v) is 5.17. The number of nitrogens with zero attached hydrogens (tertiary/aromatic N) is 2. The second kappa shape index (κ2) is 7.24. The van der Waals surface area contributed by atoms with E-state index in [1.54, 1.807) is 7.11 Å². The highest BCUT2D eigenvalue weighted by molar-refractivity contribution is 5.97. The Bertz CT molecular complexity index is 615. The summed E-state index contributed by atoms with van der Waals surface area (Å²) in [6, 6.07) is 5.65. The van der Waals surface area contributed by atoms with Crippen LogP contribution in [-0.2, 0) is 4.79 Å². The van der Waals surface area contributed by atoms with Crippen molar-refractivity contribution < 1.29 is 14.3 Å². The van der Waals surface area contributed by atoms with Crippen molar-refractivity contribution in [3.63, 3.8) is 0 Å². The summed E-state index contributed by atoms with van der Waals surface area (Å²) in [6.45, 7) is 4.42. The lowest BCUT2D eigenvalue weighted by Gasteiger charge is -2.36. The number of carbonyl (C=O) groups is 2. The lowest BCUT2D eigenvalue weighted by atomic mass is 10.1. The Hall–Kier alpha value is -2.04. The molecule has 0 aromatic heterocycles. The molecule has 0 radical (unpaired) electrons. The fourth-order valence-electron chi connectivity index (χ4n) is 3.72. The quantitative estimate of drug-likeness (QED) is 0.855. The predicted molar refractivity (Wildman–Crippen MR) is 92.2 cm³/mol. The molecule has 2 fully saturated rings. The Morgan fingerprint density at radius 1 is 1.04 bits per heavy atom. The number of benzene rings is 1. The maximum absolute atomic E-state index is 12.8. The van der Waals surface area contributed by atoms with Crippen molar-refractivity contribution in [2.45, 2.75) is 32.6 Å².